The van der Waals surface area contributed by atoms with E-state index in [4.69, 9.17) is 14.5 Å². The van der Waals surface area contributed by atoms with Gasteiger partial charge in [-0.25, -0.2) is 0 Å². The van der Waals surface area contributed by atoms with Crippen molar-refractivity contribution in [3.63, 3.8) is 0 Å². The van der Waals surface area contributed by atoms with Gasteiger partial charge in [0, 0.05) is 5.56 Å². The lowest BCUT2D eigenvalue weighted by Gasteiger charge is -2.31. The van der Waals surface area contributed by atoms with E-state index >= 15 is 0 Å². The van der Waals surface area contributed by atoms with Crippen LogP contribution in [0.4, 0.5) is 0 Å². The minimum Gasteiger partial charge on any atom is -0.497 e. The second kappa shape index (κ2) is 7.69. The van der Waals surface area contributed by atoms with Crippen LogP contribution in [0.15, 0.2) is 77.8 Å². The van der Waals surface area contributed by atoms with Crippen molar-refractivity contribution in [3.8, 4) is 17.6 Å². The van der Waals surface area contributed by atoms with Gasteiger partial charge in [-0.1, -0.05) is 36.4 Å². The highest BCUT2D eigenvalue weighted by molar-refractivity contribution is 6.01. The maximum absolute atomic E-state index is 9.23. The van der Waals surface area contributed by atoms with Gasteiger partial charge in [-0.2, -0.15) is 5.26 Å². The zero-order chi connectivity index (χ0) is 20.3. The molecule has 0 atom stereocenters. The van der Waals surface area contributed by atoms with Crippen molar-refractivity contribution in [2.24, 2.45) is 4.99 Å². The summed E-state index contributed by atoms with van der Waals surface area (Å²) in [5.74, 6) is 2.38. The number of aliphatic imine (C=N–C) groups is 1. The Hall–Kier alpha value is -3.78. The third kappa shape index (κ3) is 3.41. The third-order valence-electron chi connectivity index (χ3n) is 5.24. The first-order valence-electron chi connectivity index (χ1n) is 9.31. The quantitative estimate of drug-likeness (QED) is 0.726. The molecule has 0 radical (unpaired) electrons. The molecule has 3 aromatic carbocycles. The first-order valence-corrected chi connectivity index (χ1v) is 9.31. The van der Waals surface area contributed by atoms with Crippen LogP contribution in [0.2, 0.25) is 0 Å². The molecule has 0 saturated heterocycles. The summed E-state index contributed by atoms with van der Waals surface area (Å²) in [5.41, 5.74) is 3.15. The molecule has 0 amide bonds. The molecule has 0 bridgehead atoms. The SMILES string of the molecule is COc1ccc(C2(c3ccc(OC)cc3)CN=C(c3cccc(C#N)c3)N2)cc1. The van der Waals surface area contributed by atoms with Gasteiger partial charge in [0.2, 0.25) is 0 Å². The Kier molecular flexibility index (Phi) is 4.92. The predicted octanol–water partition coefficient (Wildman–Crippen LogP) is 3.87. The Bertz CT molecular complexity index is 1030. The molecular formula is C24H21N3O2. The van der Waals surface area contributed by atoms with E-state index in [0.29, 0.717) is 12.1 Å². The van der Waals surface area contributed by atoms with Crippen LogP contribution in [0.1, 0.15) is 22.3 Å². The summed E-state index contributed by atoms with van der Waals surface area (Å²) in [5, 5.41) is 12.9. The molecule has 0 unspecified atom stereocenters. The number of rotatable bonds is 5. The topological polar surface area (TPSA) is 66.6 Å². The zero-order valence-electron chi connectivity index (χ0n) is 16.3. The Balaban J connectivity index is 1.76. The molecule has 0 fully saturated rings. The van der Waals surface area contributed by atoms with Crippen LogP contribution in [-0.2, 0) is 5.54 Å². The van der Waals surface area contributed by atoms with Gasteiger partial charge in [0.05, 0.1) is 32.4 Å². The van der Waals surface area contributed by atoms with Crippen LogP contribution in [0.5, 0.6) is 11.5 Å². The van der Waals surface area contributed by atoms with Crippen LogP contribution in [-0.4, -0.2) is 26.6 Å². The average molecular weight is 383 g/mol. The van der Waals surface area contributed by atoms with Gasteiger partial charge < -0.3 is 14.8 Å². The molecule has 0 spiro atoms. The smallest absolute Gasteiger partial charge is 0.129 e. The highest BCUT2D eigenvalue weighted by Gasteiger charge is 2.39. The van der Waals surface area contributed by atoms with E-state index in [1.807, 2.05) is 42.5 Å². The number of nitrogens with zero attached hydrogens (tertiary/aromatic N) is 2. The van der Waals surface area contributed by atoms with Crippen molar-refractivity contribution in [2.75, 3.05) is 20.8 Å². The second-order valence-electron chi connectivity index (χ2n) is 6.84. The number of nitrogens with one attached hydrogen (secondary N) is 1. The van der Waals surface area contributed by atoms with E-state index in [-0.39, 0.29) is 0 Å². The first-order chi connectivity index (χ1) is 14.2. The number of methoxy groups -OCH3 is 2. The molecule has 1 aliphatic rings. The van der Waals surface area contributed by atoms with Crippen LogP contribution in [0.25, 0.3) is 0 Å². The van der Waals surface area contributed by atoms with Gasteiger partial charge in [-0.05, 0) is 47.5 Å². The fourth-order valence-electron chi connectivity index (χ4n) is 3.62. The van der Waals surface area contributed by atoms with E-state index in [1.165, 1.54) is 0 Å². The van der Waals surface area contributed by atoms with Crippen molar-refractivity contribution in [2.45, 2.75) is 5.54 Å². The summed E-state index contributed by atoms with van der Waals surface area (Å²) in [7, 11) is 3.32. The van der Waals surface area contributed by atoms with E-state index in [1.54, 1.807) is 20.3 Å². The van der Waals surface area contributed by atoms with Crippen molar-refractivity contribution < 1.29 is 9.47 Å². The maximum Gasteiger partial charge on any atom is 0.129 e. The summed E-state index contributed by atoms with van der Waals surface area (Å²) < 4.78 is 10.6. The molecule has 144 valence electrons. The summed E-state index contributed by atoms with van der Waals surface area (Å²) >= 11 is 0. The molecule has 4 rings (SSSR count). The summed E-state index contributed by atoms with van der Waals surface area (Å²) in [6, 6.07) is 25.7. The molecule has 1 heterocycles. The van der Waals surface area contributed by atoms with Crippen molar-refractivity contribution in [1.82, 2.24) is 5.32 Å². The summed E-state index contributed by atoms with van der Waals surface area (Å²) in [4.78, 5) is 4.81. The standard InChI is InChI=1S/C24H21N3O2/c1-28-21-10-6-19(7-11-21)24(20-8-12-22(29-2)13-9-20)16-26-23(27-24)18-5-3-4-17(14-18)15-25/h3-14H,16H2,1-2H3,(H,26,27). The molecule has 5 nitrogen and oxygen atoms in total. The minimum atomic E-state index is -0.517. The Labute approximate surface area is 170 Å². The molecule has 1 N–H and O–H groups in total. The van der Waals surface area contributed by atoms with Crippen molar-refractivity contribution >= 4 is 5.84 Å². The van der Waals surface area contributed by atoms with Crippen molar-refractivity contribution in [3.05, 3.63) is 95.1 Å². The molecule has 0 aromatic heterocycles. The van der Waals surface area contributed by atoms with Crippen LogP contribution >= 0.6 is 0 Å². The number of benzene rings is 3. The zero-order valence-corrected chi connectivity index (χ0v) is 16.3. The molecule has 29 heavy (non-hydrogen) atoms. The van der Waals surface area contributed by atoms with Gasteiger partial charge in [-0.3, -0.25) is 4.99 Å². The van der Waals surface area contributed by atoms with Gasteiger partial charge in [0.1, 0.15) is 22.9 Å². The molecule has 5 heteroatoms. The lowest BCUT2D eigenvalue weighted by molar-refractivity contribution is 0.413. The molecule has 1 aliphatic heterocycles. The third-order valence-corrected chi connectivity index (χ3v) is 5.24. The van der Waals surface area contributed by atoms with Gasteiger partial charge in [0.25, 0.3) is 0 Å². The first kappa shape index (κ1) is 18.6. The average Bonchev–Trinajstić information content (AvgIpc) is 3.26. The van der Waals surface area contributed by atoms with E-state index < -0.39 is 5.54 Å². The minimum absolute atomic E-state index is 0.517. The largest absolute Gasteiger partial charge is 0.497 e. The Morgan fingerprint density at radius 3 is 2.00 bits per heavy atom. The fourth-order valence-corrected chi connectivity index (χ4v) is 3.62. The second-order valence-corrected chi connectivity index (χ2v) is 6.84. The fraction of sp³-hybridized carbons (Fsp3) is 0.167. The Morgan fingerprint density at radius 1 is 0.897 bits per heavy atom. The number of hydrogen-bond acceptors (Lipinski definition) is 5. The van der Waals surface area contributed by atoms with Crippen LogP contribution in [0, 0.1) is 11.3 Å². The van der Waals surface area contributed by atoms with E-state index in [9.17, 15) is 5.26 Å². The lowest BCUT2D eigenvalue weighted by Crippen LogP contribution is -2.44. The predicted molar refractivity (Wildman–Crippen MR) is 112 cm³/mol. The highest BCUT2D eigenvalue weighted by Crippen LogP contribution is 2.35. The monoisotopic (exact) mass is 383 g/mol. The van der Waals surface area contributed by atoms with Crippen LogP contribution < -0.4 is 14.8 Å². The highest BCUT2D eigenvalue weighted by atomic mass is 16.5. The lowest BCUT2D eigenvalue weighted by atomic mass is 9.83. The summed E-state index contributed by atoms with van der Waals surface area (Å²) in [6.45, 7) is 0.539. The molecule has 0 saturated carbocycles. The normalized spacial score (nSPS) is 14.4. The summed E-state index contributed by atoms with van der Waals surface area (Å²) in [6.07, 6.45) is 0. The van der Waals surface area contributed by atoms with E-state index in [0.717, 1.165) is 34.0 Å². The van der Waals surface area contributed by atoms with Gasteiger partial charge in [-0.15, -0.1) is 0 Å². The van der Waals surface area contributed by atoms with Crippen molar-refractivity contribution in [1.29, 1.82) is 5.26 Å². The molecular weight excluding hydrogens is 362 g/mol. The van der Waals surface area contributed by atoms with Gasteiger partial charge >= 0.3 is 0 Å². The van der Waals surface area contributed by atoms with Crippen LogP contribution in [0.3, 0.4) is 0 Å². The maximum atomic E-state index is 9.23. The number of amidine groups is 1. The Morgan fingerprint density at radius 2 is 1.48 bits per heavy atom. The molecule has 3 aromatic rings. The van der Waals surface area contributed by atoms with E-state index in [2.05, 4.69) is 35.7 Å². The molecule has 0 aliphatic carbocycles. The number of nitriles is 1. The van der Waals surface area contributed by atoms with Gasteiger partial charge in [0.15, 0.2) is 0 Å². The number of ether oxygens (including phenoxy) is 2. The number of hydrogen-bond donors (Lipinski definition) is 1.